The molecule has 28 heavy (non-hydrogen) atoms. The van der Waals surface area contributed by atoms with Crippen LogP contribution in [0.4, 0.5) is 0 Å². The van der Waals surface area contributed by atoms with E-state index in [9.17, 15) is 13.2 Å². The van der Waals surface area contributed by atoms with Crippen LogP contribution in [0.5, 0.6) is 0 Å². The first-order chi connectivity index (χ1) is 13.5. The summed E-state index contributed by atoms with van der Waals surface area (Å²) in [7, 11) is -2.19. The molecular formula is C19H24N4O4S. The van der Waals surface area contributed by atoms with Crippen molar-refractivity contribution in [2.24, 2.45) is 0 Å². The number of hydrogen-bond donors (Lipinski definition) is 1. The van der Waals surface area contributed by atoms with E-state index in [0.29, 0.717) is 11.4 Å². The molecule has 2 heterocycles. The van der Waals surface area contributed by atoms with Crippen molar-refractivity contribution in [1.29, 1.82) is 0 Å². The number of carbonyl (C=O) groups excluding carboxylic acids is 1. The second-order valence-electron chi connectivity index (χ2n) is 7.16. The number of rotatable bonds is 5. The van der Waals surface area contributed by atoms with Crippen LogP contribution in [0.3, 0.4) is 0 Å². The summed E-state index contributed by atoms with van der Waals surface area (Å²) in [5.41, 5.74) is 1.35. The first kappa shape index (κ1) is 19.1. The monoisotopic (exact) mass is 404 g/mol. The van der Waals surface area contributed by atoms with Gasteiger partial charge in [-0.1, -0.05) is 25.0 Å². The van der Waals surface area contributed by atoms with E-state index in [1.807, 2.05) is 0 Å². The average molecular weight is 404 g/mol. The van der Waals surface area contributed by atoms with Crippen molar-refractivity contribution in [1.82, 2.24) is 19.2 Å². The first-order valence-electron chi connectivity index (χ1n) is 9.48. The van der Waals surface area contributed by atoms with Crippen LogP contribution in [-0.4, -0.2) is 54.5 Å². The van der Waals surface area contributed by atoms with Gasteiger partial charge in [-0.15, -0.1) is 0 Å². The van der Waals surface area contributed by atoms with Crippen molar-refractivity contribution in [3.8, 4) is 5.69 Å². The lowest BCUT2D eigenvalue weighted by atomic mass is 10.2. The topological polar surface area (TPSA) is 93.5 Å². The Morgan fingerprint density at radius 1 is 1.29 bits per heavy atom. The molecule has 1 fully saturated rings. The highest BCUT2D eigenvalue weighted by molar-refractivity contribution is 7.89. The number of ether oxygens (including phenoxy) is 1. The molecule has 0 unspecified atom stereocenters. The molecule has 9 heteroatoms. The maximum Gasteiger partial charge on any atom is 0.272 e. The highest BCUT2D eigenvalue weighted by Gasteiger charge is 2.35. The fourth-order valence-corrected chi connectivity index (χ4v) is 5.47. The number of benzene rings is 1. The van der Waals surface area contributed by atoms with Gasteiger partial charge in [0.05, 0.1) is 24.5 Å². The Hall–Kier alpha value is -2.23. The van der Waals surface area contributed by atoms with Gasteiger partial charge in [0, 0.05) is 19.7 Å². The van der Waals surface area contributed by atoms with Crippen molar-refractivity contribution in [2.45, 2.75) is 43.2 Å². The summed E-state index contributed by atoms with van der Waals surface area (Å²) in [6.07, 6.45) is 5.70. The number of carbonyl (C=O) groups is 1. The van der Waals surface area contributed by atoms with E-state index >= 15 is 0 Å². The number of amides is 1. The van der Waals surface area contributed by atoms with Gasteiger partial charge in [-0.05, 0) is 25.0 Å². The smallest absolute Gasteiger partial charge is 0.272 e. The van der Waals surface area contributed by atoms with E-state index in [1.165, 1.54) is 17.7 Å². The minimum Gasteiger partial charge on any atom is -0.383 e. The summed E-state index contributed by atoms with van der Waals surface area (Å²) in [6.45, 7) is 0.523. The van der Waals surface area contributed by atoms with Crippen LogP contribution in [0, 0.1) is 0 Å². The summed E-state index contributed by atoms with van der Waals surface area (Å²) < 4.78 is 34.5. The molecule has 1 saturated carbocycles. The van der Waals surface area contributed by atoms with E-state index in [0.717, 1.165) is 25.7 Å². The quantitative estimate of drug-likeness (QED) is 0.819. The summed E-state index contributed by atoms with van der Waals surface area (Å²) in [6, 6.07) is 6.95. The first-order valence-corrected chi connectivity index (χ1v) is 10.9. The zero-order valence-corrected chi connectivity index (χ0v) is 16.6. The molecule has 0 saturated heterocycles. The summed E-state index contributed by atoms with van der Waals surface area (Å²) >= 11 is 0. The predicted octanol–water partition coefficient (Wildman–Crippen LogP) is 1.70. The Bertz CT molecular complexity index is 980. The van der Waals surface area contributed by atoms with Crippen LogP contribution < -0.4 is 5.32 Å². The van der Waals surface area contributed by atoms with Gasteiger partial charge in [-0.3, -0.25) is 9.36 Å². The molecule has 1 aliphatic heterocycles. The molecule has 1 amide bonds. The van der Waals surface area contributed by atoms with Crippen LogP contribution in [0.2, 0.25) is 0 Å². The fourth-order valence-electron chi connectivity index (χ4n) is 3.90. The highest BCUT2D eigenvalue weighted by Crippen LogP contribution is 2.31. The van der Waals surface area contributed by atoms with E-state index in [-0.39, 0.29) is 42.2 Å². The average Bonchev–Trinajstić information content (AvgIpc) is 3.32. The Kier molecular flexibility index (Phi) is 5.22. The Labute approximate surface area is 164 Å². The van der Waals surface area contributed by atoms with E-state index < -0.39 is 10.0 Å². The number of fused-ring (bicyclic) bond motifs is 3. The zero-order valence-electron chi connectivity index (χ0n) is 15.8. The lowest BCUT2D eigenvalue weighted by molar-refractivity contribution is 0.0931. The normalized spacial score (nSPS) is 19.0. The lowest BCUT2D eigenvalue weighted by Gasteiger charge is -2.20. The largest absolute Gasteiger partial charge is 0.383 e. The molecule has 2 aliphatic rings. The number of imidazole rings is 1. The molecule has 0 bridgehead atoms. The fraction of sp³-hybridized carbons (Fsp3) is 0.474. The highest BCUT2D eigenvalue weighted by atomic mass is 32.2. The van der Waals surface area contributed by atoms with Gasteiger partial charge in [0.1, 0.15) is 11.2 Å². The third-order valence-corrected chi connectivity index (χ3v) is 7.28. The van der Waals surface area contributed by atoms with Crippen molar-refractivity contribution in [2.75, 3.05) is 20.3 Å². The van der Waals surface area contributed by atoms with Crippen LogP contribution in [0.25, 0.3) is 5.69 Å². The predicted molar refractivity (Wildman–Crippen MR) is 103 cm³/mol. The second kappa shape index (κ2) is 7.65. The SMILES string of the molecule is COCCN1Cc2c(C(=O)NC3CCCC3)ncn2-c2ccccc2S1(=O)=O. The number of nitrogens with zero attached hydrogens (tertiary/aromatic N) is 3. The molecule has 1 aliphatic carbocycles. The zero-order chi connectivity index (χ0) is 19.7. The molecular weight excluding hydrogens is 380 g/mol. The Balaban J connectivity index is 1.77. The molecule has 0 spiro atoms. The van der Waals surface area contributed by atoms with E-state index in [2.05, 4.69) is 10.3 Å². The van der Waals surface area contributed by atoms with Gasteiger partial charge < -0.3 is 10.1 Å². The number of para-hydroxylation sites is 1. The van der Waals surface area contributed by atoms with Crippen LogP contribution in [-0.2, 0) is 21.3 Å². The standard InChI is InChI=1S/C19H24N4O4S/c1-27-11-10-22-12-16-18(19(24)21-14-6-2-3-7-14)20-13-23(16)15-8-4-5-9-17(15)28(22,25)26/h4-5,8-9,13-14H,2-3,6-7,10-12H2,1H3,(H,21,24). The van der Waals surface area contributed by atoms with Crippen LogP contribution in [0.15, 0.2) is 35.5 Å². The molecule has 1 N–H and O–H groups in total. The number of hydrogen-bond acceptors (Lipinski definition) is 5. The number of methoxy groups -OCH3 is 1. The van der Waals surface area contributed by atoms with E-state index in [4.69, 9.17) is 4.74 Å². The number of nitrogens with one attached hydrogen (secondary N) is 1. The molecule has 150 valence electrons. The third-order valence-electron chi connectivity index (χ3n) is 5.39. The lowest BCUT2D eigenvalue weighted by Crippen LogP contribution is -2.35. The second-order valence-corrected chi connectivity index (χ2v) is 9.07. The van der Waals surface area contributed by atoms with Crippen LogP contribution in [0.1, 0.15) is 41.9 Å². The summed E-state index contributed by atoms with van der Waals surface area (Å²) in [4.78, 5) is 17.4. The molecule has 2 aromatic rings. The van der Waals surface area contributed by atoms with Gasteiger partial charge in [0.25, 0.3) is 5.91 Å². The van der Waals surface area contributed by atoms with Gasteiger partial charge in [0.2, 0.25) is 10.0 Å². The van der Waals surface area contributed by atoms with Crippen molar-refractivity contribution in [3.63, 3.8) is 0 Å². The van der Waals surface area contributed by atoms with Crippen LogP contribution >= 0.6 is 0 Å². The number of aromatic nitrogens is 2. The third kappa shape index (κ3) is 3.34. The molecule has 8 nitrogen and oxygen atoms in total. The molecule has 1 aromatic heterocycles. The molecule has 1 aromatic carbocycles. The van der Waals surface area contributed by atoms with Crippen molar-refractivity contribution >= 4 is 15.9 Å². The van der Waals surface area contributed by atoms with Gasteiger partial charge in [-0.25, -0.2) is 13.4 Å². The molecule has 0 radical (unpaired) electrons. The summed E-state index contributed by atoms with van der Waals surface area (Å²) in [5.74, 6) is -0.246. The maximum atomic E-state index is 13.2. The van der Waals surface area contributed by atoms with Crippen molar-refractivity contribution in [3.05, 3.63) is 42.0 Å². The molecule has 0 atom stereocenters. The number of sulfonamides is 1. The molecule has 4 rings (SSSR count). The Morgan fingerprint density at radius 3 is 2.79 bits per heavy atom. The van der Waals surface area contributed by atoms with Crippen molar-refractivity contribution < 1.29 is 17.9 Å². The Morgan fingerprint density at radius 2 is 2.04 bits per heavy atom. The van der Waals surface area contributed by atoms with Gasteiger partial charge in [-0.2, -0.15) is 4.31 Å². The van der Waals surface area contributed by atoms with Gasteiger partial charge in [0.15, 0.2) is 5.69 Å². The minimum atomic E-state index is -3.72. The van der Waals surface area contributed by atoms with E-state index in [1.54, 1.807) is 28.8 Å². The summed E-state index contributed by atoms with van der Waals surface area (Å²) in [5, 5.41) is 3.05. The van der Waals surface area contributed by atoms with Gasteiger partial charge >= 0.3 is 0 Å². The maximum absolute atomic E-state index is 13.2. The minimum absolute atomic E-state index is 0.0633.